The average Bonchev–Trinajstić information content (AvgIpc) is 2.77. The predicted octanol–water partition coefficient (Wildman–Crippen LogP) is -0.134. The number of furan rings is 1. The van der Waals surface area contributed by atoms with Crippen molar-refractivity contribution in [1.82, 2.24) is 10.2 Å². The number of carboxylic acids is 1. The summed E-state index contributed by atoms with van der Waals surface area (Å²) in [6, 6.07) is 1.25. The maximum Gasteiger partial charge on any atom is 0.334 e. The molecule has 0 aliphatic carbocycles. The molecule has 0 saturated heterocycles. The van der Waals surface area contributed by atoms with E-state index in [0.717, 1.165) is 5.56 Å². The summed E-state index contributed by atoms with van der Waals surface area (Å²) in [5.74, 6) is -1.37. The van der Waals surface area contributed by atoms with Crippen molar-refractivity contribution in [1.29, 1.82) is 0 Å². The highest BCUT2D eigenvalue weighted by atomic mass is 16.4. The predicted molar refractivity (Wildman–Crippen MR) is 57.2 cm³/mol. The molecule has 0 saturated carbocycles. The zero-order valence-corrected chi connectivity index (χ0v) is 9.29. The van der Waals surface area contributed by atoms with Crippen LogP contribution in [0.15, 0.2) is 23.0 Å². The number of hydrogen-bond acceptors (Lipinski definition) is 4. The van der Waals surface area contributed by atoms with Gasteiger partial charge in [-0.2, -0.15) is 0 Å². The van der Waals surface area contributed by atoms with Crippen LogP contribution in [-0.2, 0) is 11.3 Å². The van der Waals surface area contributed by atoms with Crippen LogP contribution in [0.3, 0.4) is 0 Å². The molecular weight excluding hydrogens is 228 g/mol. The smallest absolute Gasteiger partial charge is 0.334 e. The van der Waals surface area contributed by atoms with Crippen molar-refractivity contribution in [2.45, 2.75) is 12.6 Å². The number of aliphatic carboxylic acids is 1. The van der Waals surface area contributed by atoms with Gasteiger partial charge in [-0.3, -0.25) is 0 Å². The van der Waals surface area contributed by atoms with E-state index in [0.29, 0.717) is 6.54 Å². The Morgan fingerprint density at radius 1 is 1.59 bits per heavy atom. The Labute approximate surface area is 97.6 Å². The van der Waals surface area contributed by atoms with Crippen molar-refractivity contribution in [3.8, 4) is 0 Å². The van der Waals surface area contributed by atoms with Gasteiger partial charge in [0.05, 0.1) is 25.6 Å². The Kier molecular flexibility index (Phi) is 4.53. The van der Waals surface area contributed by atoms with Crippen LogP contribution in [-0.4, -0.2) is 46.8 Å². The van der Waals surface area contributed by atoms with E-state index in [1.54, 1.807) is 13.1 Å². The van der Waals surface area contributed by atoms with Crippen LogP contribution in [0.5, 0.6) is 0 Å². The van der Waals surface area contributed by atoms with E-state index < -0.39 is 18.1 Å². The standard InChI is InChI=1S/C10H14N2O5/c1-12(5-7-2-3-17-6-7)10(16)11-4-8(13)9(14)15/h2-3,6,8,13H,4-5H2,1H3,(H,11,16)(H,14,15). The summed E-state index contributed by atoms with van der Waals surface area (Å²) in [6.45, 7) is 0.00932. The van der Waals surface area contributed by atoms with Gasteiger partial charge in [0, 0.05) is 12.6 Å². The molecule has 0 aromatic carbocycles. The fourth-order valence-corrected chi connectivity index (χ4v) is 1.13. The van der Waals surface area contributed by atoms with Crippen LogP contribution >= 0.6 is 0 Å². The summed E-state index contributed by atoms with van der Waals surface area (Å²) >= 11 is 0. The van der Waals surface area contributed by atoms with Crippen LogP contribution < -0.4 is 5.32 Å². The second kappa shape index (κ2) is 5.90. The topological polar surface area (TPSA) is 103 Å². The van der Waals surface area contributed by atoms with E-state index in [-0.39, 0.29) is 6.54 Å². The van der Waals surface area contributed by atoms with Gasteiger partial charge in [-0.05, 0) is 6.07 Å². The van der Waals surface area contributed by atoms with Gasteiger partial charge >= 0.3 is 12.0 Å². The number of amides is 2. The molecule has 2 amide bonds. The van der Waals surface area contributed by atoms with Crippen LogP contribution in [0.4, 0.5) is 4.79 Å². The molecule has 1 heterocycles. The molecule has 0 aliphatic heterocycles. The third kappa shape index (κ3) is 4.15. The lowest BCUT2D eigenvalue weighted by atomic mass is 10.3. The molecule has 1 rings (SSSR count). The minimum atomic E-state index is -1.60. The summed E-state index contributed by atoms with van der Waals surface area (Å²) in [5, 5.41) is 19.7. The maximum atomic E-state index is 11.5. The Hall–Kier alpha value is -2.02. The quantitative estimate of drug-likeness (QED) is 0.667. The van der Waals surface area contributed by atoms with E-state index in [4.69, 9.17) is 14.6 Å². The molecule has 0 bridgehead atoms. The largest absolute Gasteiger partial charge is 0.479 e. The van der Waals surface area contributed by atoms with Crippen molar-refractivity contribution in [3.63, 3.8) is 0 Å². The highest BCUT2D eigenvalue weighted by Crippen LogP contribution is 2.03. The van der Waals surface area contributed by atoms with Gasteiger partial charge in [0.2, 0.25) is 0 Å². The lowest BCUT2D eigenvalue weighted by Crippen LogP contribution is -2.42. The molecule has 7 nitrogen and oxygen atoms in total. The molecule has 1 unspecified atom stereocenters. The summed E-state index contributed by atoms with van der Waals surface area (Å²) in [7, 11) is 1.55. The van der Waals surface area contributed by atoms with Crippen molar-refractivity contribution in [2.75, 3.05) is 13.6 Å². The van der Waals surface area contributed by atoms with Crippen LogP contribution in [0, 0.1) is 0 Å². The van der Waals surface area contributed by atoms with Gasteiger partial charge < -0.3 is 24.8 Å². The first-order valence-corrected chi connectivity index (χ1v) is 4.91. The Morgan fingerprint density at radius 3 is 2.82 bits per heavy atom. The van der Waals surface area contributed by atoms with Gasteiger partial charge in [0.25, 0.3) is 0 Å². The number of urea groups is 1. The third-order valence-electron chi connectivity index (χ3n) is 2.08. The molecule has 0 spiro atoms. The highest BCUT2D eigenvalue weighted by Gasteiger charge is 2.16. The summed E-state index contributed by atoms with van der Waals surface area (Å²) in [6.07, 6.45) is 1.41. The highest BCUT2D eigenvalue weighted by molar-refractivity contribution is 5.76. The molecular formula is C10H14N2O5. The Balaban J connectivity index is 2.34. The first-order chi connectivity index (χ1) is 8.00. The first kappa shape index (κ1) is 13.0. The number of nitrogens with zero attached hydrogens (tertiary/aromatic N) is 1. The molecule has 3 N–H and O–H groups in total. The minimum absolute atomic E-state index is 0.329. The van der Waals surface area contributed by atoms with Crippen LogP contribution in [0.25, 0.3) is 0 Å². The lowest BCUT2D eigenvalue weighted by molar-refractivity contribution is -0.146. The monoisotopic (exact) mass is 242 g/mol. The zero-order valence-electron chi connectivity index (χ0n) is 9.29. The Bertz CT molecular complexity index is 376. The van der Waals surface area contributed by atoms with Crippen molar-refractivity contribution in [3.05, 3.63) is 24.2 Å². The first-order valence-electron chi connectivity index (χ1n) is 4.91. The molecule has 1 aromatic rings. The van der Waals surface area contributed by atoms with E-state index in [9.17, 15) is 9.59 Å². The van der Waals surface area contributed by atoms with Crippen LogP contribution in [0.1, 0.15) is 5.56 Å². The number of aliphatic hydroxyl groups excluding tert-OH is 1. The Morgan fingerprint density at radius 2 is 2.29 bits per heavy atom. The summed E-state index contributed by atoms with van der Waals surface area (Å²) < 4.78 is 4.85. The number of carbonyl (C=O) groups is 2. The molecule has 0 aliphatic rings. The van der Waals surface area contributed by atoms with E-state index in [1.807, 2.05) is 0 Å². The fourth-order valence-electron chi connectivity index (χ4n) is 1.13. The van der Waals surface area contributed by atoms with Gasteiger partial charge in [-0.25, -0.2) is 9.59 Å². The normalized spacial score (nSPS) is 11.9. The van der Waals surface area contributed by atoms with Crippen molar-refractivity contribution in [2.24, 2.45) is 0 Å². The van der Waals surface area contributed by atoms with E-state index in [2.05, 4.69) is 5.32 Å². The number of aliphatic hydroxyl groups is 1. The number of carbonyl (C=O) groups excluding carboxylic acids is 1. The number of hydrogen-bond donors (Lipinski definition) is 3. The van der Waals surface area contributed by atoms with Crippen molar-refractivity contribution >= 4 is 12.0 Å². The molecule has 0 fully saturated rings. The van der Waals surface area contributed by atoms with Gasteiger partial charge in [-0.1, -0.05) is 0 Å². The molecule has 7 heteroatoms. The second-order valence-electron chi connectivity index (χ2n) is 3.53. The van der Waals surface area contributed by atoms with E-state index in [1.165, 1.54) is 17.4 Å². The van der Waals surface area contributed by atoms with Crippen molar-refractivity contribution < 1.29 is 24.2 Å². The van der Waals surface area contributed by atoms with Crippen LogP contribution in [0.2, 0.25) is 0 Å². The second-order valence-corrected chi connectivity index (χ2v) is 3.53. The lowest BCUT2D eigenvalue weighted by Gasteiger charge is -2.17. The number of nitrogens with one attached hydrogen (secondary N) is 1. The van der Waals surface area contributed by atoms with E-state index >= 15 is 0 Å². The minimum Gasteiger partial charge on any atom is -0.479 e. The summed E-state index contributed by atoms with van der Waals surface area (Å²) in [4.78, 5) is 23.1. The molecule has 1 atom stereocenters. The fraction of sp³-hybridized carbons (Fsp3) is 0.400. The molecule has 94 valence electrons. The third-order valence-corrected chi connectivity index (χ3v) is 2.08. The number of carboxylic acid groups (broad SMARTS) is 1. The summed E-state index contributed by atoms with van der Waals surface area (Å²) in [5.41, 5.74) is 0.821. The zero-order chi connectivity index (χ0) is 12.8. The SMILES string of the molecule is CN(Cc1ccoc1)C(=O)NCC(O)C(=O)O. The number of rotatable bonds is 5. The molecule has 1 aromatic heterocycles. The van der Waals surface area contributed by atoms with Gasteiger partial charge in [-0.15, -0.1) is 0 Å². The van der Waals surface area contributed by atoms with Gasteiger partial charge in [0.1, 0.15) is 0 Å². The average molecular weight is 242 g/mol. The molecule has 0 radical (unpaired) electrons. The van der Waals surface area contributed by atoms with Gasteiger partial charge in [0.15, 0.2) is 6.10 Å². The molecule has 17 heavy (non-hydrogen) atoms. The maximum absolute atomic E-state index is 11.5.